The van der Waals surface area contributed by atoms with Crippen LogP contribution in [0.4, 0.5) is 11.4 Å². The number of carbonyl (C=O) groups excluding carboxylic acids is 2. The fraction of sp³-hybridized carbons (Fsp3) is 0.294. The zero-order chi connectivity index (χ0) is 31.4. The number of aromatic hydroxyl groups is 1. The fourth-order valence-corrected chi connectivity index (χ4v) is 6.48. The Bertz CT molecular complexity index is 1620. The largest absolute Gasteiger partial charge is 0.508 e. The standard InChI is InChI=1S/C34H34N2O8/c1-44-20-24-17-28-32(34(41)35(33(28)40)25-10-6-11-26(18-25)36(42)43)29(19-37)31(24)30(39)14-13-23(22-8-3-2-4-9-22)15-21-7-5-12-27(38)16-21/h2-12,15-16,18,28-30,32,37-39H,13-14,17,19-20H2,1H3/b23-15-/t28-,29+,30-,32-/m1/s1. The summed E-state index contributed by atoms with van der Waals surface area (Å²) in [5, 5.41) is 43.6. The van der Waals surface area contributed by atoms with Crippen LogP contribution in [0.2, 0.25) is 0 Å². The van der Waals surface area contributed by atoms with Gasteiger partial charge in [-0.05, 0) is 65.3 Å². The van der Waals surface area contributed by atoms with E-state index in [-0.39, 0.29) is 36.6 Å². The molecule has 10 nitrogen and oxygen atoms in total. The fourth-order valence-electron chi connectivity index (χ4n) is 6.48. The lowest BCUT2D eigenvalue weighted by atomic mass is 9.68. The smallest absolute Gasteiger partial charge is 0.271 e. The van der Waals surface area contributed by atoms with Gasteiger partial charge in [0.05, 0.1) is 41.8 Å². The van der Waals surface area contributed by atoms with Gasteiger partial charge in [0.15, 0.2) is 0 Å². The van der Waals surface area contributed by atoms with Crippen molar-refractivity contribution >= 4 is 34.8 Å². The van der Waals surface area contributed by atoms with Gasteiger partial charge < -0.3 is 20.1 Å². The number of benzene rings is 3. The normalized spacial score (nSPS) is 21.0. The summed E-state index contributed by atoms with van der Waals surface area (Å²) in [6.07, 6.45) is 1.74. The number of phenols is 1. The monoisotopic (exact) mass is 598 g/mol. The van der Waals surface area contributed by atoms with E-state index in [1.54, 1.807) is 18.2 Å². The molecule has 0 radical (unpaired) electrons. The van der Waals surface area contributed by atoms with Crippen molar-refractivity contribution < 1.29 is 34.6 Å². The third-order valence-electron chi connectivity index (χ3n) is 8.40. The van der Waals surface area contributed by atoms with E-state index in [1.807, 2.05) is 42.5 Å². The molecule has 2 amide bonds. The molecule has 228 valence electrons. The van der Waals surface area contributed by atoms with E-state index in [1.165, 1.54) is 31.4 Å². The number of carbonyl (C=O) groups is 2. The summed E-state index contributed by atoms with van der Waals surface area (Å²) in [6, 6.07) is 21.9. The van der Waals surface area contributed by atoms with Gasteiger partial charge in [0.25, 0.3) is 5.69 Å². The van der Waals surface area contributed by atoms with Gasteiger partial charge in [-0.1, -0.05) is 54.6 Å². The Morgan fingerprint density at radius 3 is 2.50 bits per heavy atom. The third-order valence-corrected chi connectivity index (χ3v) is 8.40. The summed E-state index contributed by atoms with van der Waals surface area (Å²) in [5.74, 6) is -3.50. The van der Waals surface area contributed by atoms with Crippen molar-refractivity contribution in [2.24, 2.45) is 17.8 Å². The zero-order valence-electron chi connectivity index (χ0n) is 24.2. The molecule has 0 unspecified atom stereocenters. The van der Waals surface area contributed by atoms with Crippen molar-refractivity contribution in [2.75, 3.05) is 25.2 Å². The quantitative estimate of drug-likeness (QED) is 0.0942. The van der Waals surface area contributed by atoms with E-state index >= 15 is 0 Å². The second-order valence-electron chi connectivity index (χ2n) is 11.1. The van der Waals surface area contributed by atoms with Crippen LogP contribution in [0, 0.1) is 27.9 Å². The van der Waals surface area contributed by atoms with Crippen molar-refractivity contribution in [2.45, 2.75) is 25.4 Å². The summed E-state index contributed by atoms with van der Waals surface area (Å²) in [5.41, 5.74) is 3.65. The molecule has 0 bridgehead atoms. The van der Waals surface area contributed by atoms with Crippen LogP contribution >= 0.6 is 0 Å². The molecule has 1 saturated heterocycles. The summed E-state index contributed by atoms with van der Waals surface area (Å²) < 4.78 is 5.43. The second-order valence-corrected chi connectivity index (χ2v) is 11.1. The Hall–Kier alpha value is -4.64. The number of rotatable bonds is 11. The summed E-state index contributed by atoms with van der Waals surface area (Å²) in [4.78, 5) is 39.1. The van der Waals surface area contributed by atoms with Crippen molar-refractivity contribution in [1.29, 1.82) is 0 Å². The maximum atomic E-state index is 13.8. The summed E-state index contributed by atoms with van der Waals surface area (Å²) in [7, 11) is 1.50. The highest BCUT2D eigenvalue weighted by atomic mass is 16.6. The minimum Gasteiger partial charge on any atom is -0.508 e. The van der Waals surface area contributed by atoms with Gasteiger partial charge in [0.2, 0.25) is 11.8 Å². The topological polar surface area (TPSA) is 150 Å². The molecular weight excluding hydrogens is 564 g/mol. The summed E-state index contributed by atoms with van der Waals surface area (Å²) in [6.45, 7) is -0.373. The van der Waals surface area contributed by atoms with Crippen molar-refractivity contribution in [3.05, 3.63) is 111 Å². The number of nitro groups is 1. The second kappa shape index (κ2) is 13.3. The molecule has 5 rings (SSSR count). The lowest BCUT2D eigenvalue weighted by Crippen LogP contribution is -2.39. The van der Waals surface area contributed by atoms with Gasteiger partial charge in [0.1, 0.15) is 5.75 Å². The molecule has 1 aliphatic heterocycles. The molecular formula is C34H34N2O8. The highest BCUT2D eigenvalue weighted by Crippen LogP contribution is 2.47. The van der Waals surface area contributed by atoms with E-state index in [0.29, 0.717) is 17.6 Å². The van der Waals surface area contributed by atoms with Crippen LogP contribution in [-0.2, 0) is 14.3 Å². The van der Waals surface area contributed by atoms with Crippen LogP contribution in [0.5, 0.6) is 5.75 Å². The van der Waals surface area contributed by atoms with Gasteiger partial charge in [-0.2, -0.15) is 0 Å². The Balaban J connectivity index is 1.45. The number of nitrogens with zero attached hydrogens (tertiary/aromatic N) is 2. The number of anilines is 1. The first kappa shape index (κ1) is 30.8. The third kappa shape index (κ3) is 6.19. The lowest BCUT2D eigenvalue weighted by Gasteiger charge is -2.36. The minimum atomic E-state index is -1.05. The van der Waals surface area contributed by atoms with Crippen LogP contribution in [0.15, 0.2) is 90.0 Å². The molecule has 0 saturated carbocycles. The number of ether oxygens (including phenoxy) is 1. The molecule has 2 aliphatic rings. The average molecular weight is 599 g/mol. The first-order valence-corrected chi connectivity index (χ1v) is 14.4. The van der Waals surface area contributed by atoms with E-state index in [2.05, 4.69) is 0 Å². The SMILES string of the molecule is COCC1=C([C@H](O)CC/C(=C/c2cccc(O)c2)c2ccccc2)[C@H](CO)[C@@H]2C(=O)N(c3cccc([N+](=O)[O-])c3)C(=O)[C@@H]2C1. The lowest BCUT2D eigenvalue weighted by molar-refractivity contribution is -0.384. The van der Waals surface area contributed by atoms with Crippen molar-refractivity contribution in [1.82, 2.24) is 0 Å². The Morgan fingerprint density at radius 2 is 1.82 bits per heavy atom. The number of phenolic OH excluding ortho intramolecular Hbond substituents is 1. The van der Waals surface area contributed by atoms with Crippen LogP contribution in [0.25, 0.3) is 11.6 Å². The Kier molecular flexibility index (Phi) is 9.34. The van der Waals surface area contributed by atoms with Gasteiger partial charge in [-0.25, -0.2) is 4.90 Å². The number of hydrogen-bond donors (Lipinski definition) is 3. The molecule has 0 spiro atoms. The first-order valence-electron chi connectivity index (χ1n) is 14.4. The minimum absolute atomic E-state index is 0.0975. The number of nitro benzene ring substituents is 1. The van der Waals surface area contributed by atoms with Crippen LogP contribution in [-0.4, -0.2) is 58.5 Å². The predicted octanol–water partition coefficient (Wildman–Crippen LogP) is 4.74. The predicted molar refractivity (Wildman–Crippen MR) is 164 cm³/mol. The van der Waals surface area contributed by atoms with E-state index in [9.17, 15) is 35.0 Å². The molecule has 3 aromatic carbocycles. The Morgan fingerprint density at radius 1 is 1.07 bits per heavy atom. The number of aliphatic hydroxyl groups is 2. The molecule has 10 heteroatoms. The first-order chi connectivity index (χ1) is 21.2. The molecule has 0 aromatic heterocycles. The van der Waals surface area contributed by atoms with E-state index in [4.69, 9.17) is 4.74 Å². The van der Waals surface area contributed by atoms with Gasteiger partial charge in [-0.15, -0.1) is 0 Å². The summed E-state index contributed by atoms with van der Waals surface area (Å²) >= 11 is 0. The number of fused-ring (bicyclic) bond motifs is 1. The number of allylic oxidation sites excluding steroid dienone is 1. The number of hydrogen-bond acceptors (Lipinski definition) is 8. The highest BCUT2D eigenvalue weighted by Gasteiger charge is 2.55. The number of non-ortho nitro benzene ring substituents is 1. The number of methoxy groups -OCH3 is 1. The molecule has 4 atom stereocenters. The van der Waals surface area contributed by atoms with Crippen molar-refractivity contribution in [3.63, 3.8) is 0 Å². The molecule has 1 fully saturated rings. The average Bonchev–Trinajstić information content (AvgIpc) is 3.27. The maximum absolute atomic E-state index is 13.8. The van der Waals surface area contributed by atoms with E-state index in [0.717, 1.165) is 21.6 Å². The maximum Gasteiger partial charge on any atom is 0.271 e. The van der Waals surface area contributed by atoms with Crippen molar-refractivity contribution in [3.8, 4) is 5.75 Å². The number of amides is 2. The molecule has 1 heterocycles. The van der Waals surface area contributed by atoms with Gasteiger partial charge in [0, 0.05) is 25.2 Å². The van der Waals surface area contributed by atoms with Crippen LogP contribution < -0.4 is 4.90 Å². The Labute approximate surface area is 254 Å². The number of imide groups is 1. The van der Waals surface area contributed by atoms with Crippen LogP contribution in [0.3, 0.4) is 0 Å². The molecule has 44 heavy (non-hydrogen) atoms. The molecule has 1 aliphatic carbocycles. The number of aliphatic hydroxyl groups excluding tert-OH is 2. The van der Waals surface area contributed by atoms with Gasteiger partial charge in [-0.3, -0.25) is 19.7 Å². The van der Waals surface area contributed by atoms with E-state index < -0.39 is 47.2 Å². The van der Waals surface area contributed by atoms with Crippen LogP contribution in [0.1, 0.15) is 30.4 Å². The zero-order valence-corrected chi connectivity index (χ0v) is 24.2. The molecule has 3 aromatic rings. The molecule has 3 N–H and O–H groups in total. The highest BCUT2D eigenvalue weighted by molar-refractivity contribution is 6.22. The van der Waals surface area contributed by atoms with Gasteiger partial charge >= 0.3 is 0 Å².